The Morgan fingerprint density at radius 1 is 1.25 bits per heavy atom. The van der Waals surface area contributed by atoms with Crippen LogP contribution in [-0.2, 0) is 12.8 Å². The lowest BCUT2D eigenvalue weighted by Gasteiger charge is -2.23. The number of fused-ring (bicyclic) bond motifs is 1. The first-order chi connectivity index (χ1) is 13.6. The minimum Gasteiger partial charge on any atom is -0.497 e. The van der Waals surface area contributed by atoms with Crippen molar-refractivity contribution < 1.29 is 9.53 Å². The van der Waals surface area contributed by atoms with Gasteiger partial charge in [-0.1, -0.05) is 26.0 Å². The van der Waals surface area contributed by atoms with Crippen molar-refractivity contribution >= 4 is 17.2 Å². The van der Waals surface area contributed by atoms with Gasteiger partial charge in [0.15, 0.2) is 0 Å². The first kappa shape index (κ1) is 18.6. The number of benzene rings is 1. The third-order valence-corrected chi connectivity index (χ3v) is 6.40. The van der Waals surface area contributed by atoms with Gasteiger partial charge < -0.3 is 10.1 Å². The van der Waals surface area contributed by atoms with E-state index in [4.69, 9.17) is 4.74 Å². The van der Waals surface area contributed by atoms with Gasteiger partial charge in [-0.3, -0.25) is 4.79 Å². The molecule has 146 valence electrons. The van der Waals surface area contributed by atoms with Crippen molar-refractivity contribution in [1.29, 1.82) is 0 Å². The smallest absolute Gasteiger partial charge is 0.255 e. The monoisotopic (exact) mass is 397 g/mol. The minimum atomic E-state index is -0.0999. The van der Waals surface area contributed by atoms with Crippen molar-refractivity contribution in [3.8, 4) is 10.8 Å². The number of tetrazole rings is 1. The van der Waals surface area contributed by atoms with E-state index in [1.807, 2.05) is 24.3 Å². The summed E-state index contributed by atoms with van der Waals surface area (Å²) in [5.74, 6) is 0.967. The van der Waals surface area contributed by atoms with Crippen LogP contribution in [-0.4, -0.2) is 33.2 Å². The molecule has 0 aliphatic heterocycles. The minimum absolute atomic E-state index is 0.0700. The summed E-state index contributed by atoms with van der Waals surface area (Å²) < 4.78 is 6.84. The molecule has 8 heteroatoms. The van der Waals surface area contributed by atoms with Gasteiger partial charge in [-0.25, -0.2) is 0 Å². The standard InChI is InChI=1S/C20H23N5O2S/c1-12(2)18(13-7-9-14(27-3)10-8-13)22-19(26)17-15-5-4-6-16(15)28-20(17)25-11-21-23-24-25/h7-12,18H,4-6H2,1-3H3,(H,22,26)/t18-/m1/s1. The second-order valence-electron chi connectivity index (χ2n) is 7.26. The molecule has 3 aromatic rings. The Kier molecular flexibility index (Phi) is 5.13. The van der Waals surface area contributed by atoms with E-state index in [1.165, 1.54) is 4.88 Å². The maximum atomic E-state index is 13.4. The molecule has 2 aromatic heterocycles. The molecule has 0 saturated heterocycles. The first-order valence-corrected chi connectivity index (χ1v) is 10.2. The molecule has 0 spiro atoms. The van der Waals surface area contributed by atoms with Gasteiger partial charge in [0, 0.05) is 4.88 Å². The Bertz CT molecular complexity index is 963. The van der Waals surface area contributed by atoms with E-state index in [1.54, 1.807) is 29.5 Å². The number of nitrogens with one attached hydrogen (secondary N) is 1. The summed E-state index contributed by atoms with van der Waals surface area (Å²) in [5.41, 5.74) is 2.91. The Morgan fingerprint density at radius 2 is 2.04 bits per heavy atom. The van der Waals surface area contributed by atoms with Gasteiger partial charge >= 0.3 is 0 Å². The predicted octanol–water partition coefficient (Wildman–Crippen LogP) is 3.35. The average molecular weight is 398 g/mol. The van der Waals surface area contributed by atoms with E-state index in [0.29, 0.717) is 5.56 Å². The number of amides is 1. The Labute approximate surface area is 167 Å². The maximum absolute atomic E-state index is 13.4. The van der Waals surface area contributed by atoms with Crippen molar-refractivity contribution in [3.05, 3.63) is 52.2 Å². The molecule has 0 unspecified atom stereocenters. The summed E-state index contributed by atoms with van der Waals surface area (Å²) in [6, 6.07) is 7.75. The Balaban J connectivity index is 1.67. The number of ether oxygens (including phenoxy) is 1. The van der Waals surface area contributed by atoms with E-state index in [-0.39, 0.29) is 17.9 Å². The summed E-state index contributed by atoms with van der Waals surface area (Å²) in [7, 11) is 1.65. The van der Waals surface area contributed by atoms with Crippen LogP contribution in [0.5, 0.6) is 5.75 Å². The van der Waals surface area contributed by atoms with Crippen LogP contribution in [0.15, 0.2) is 30.6 Å². The third kappa shape index (κ3) is 3.40. The molecule has 7 nitrogen and oxygen atoms in total. The SMILES string of the molecule is COc1ccc([C@H](NC(=O)c2c(-n3cnnn3)sc3c2CCC3)C(C)C)cc1. The summed E-state index contributed by atoms with van der Waals surface area (Å²) in [6.07, 6.45) is 4.56. The van der Waals surface area contributed by atoms with E-state index >= 15 is 0 Å². The van der Waals surface area contributed by atoms with E-state index in [9.17, 15) is 4.79 Å². The highest BCUT2D eigenvalue weighted by Crippen LogP contribution is 2.38. The topological polar surface area (TPSA) is 81.9 Å². The first-order valence-electron chi connectivity index (χ1n) is 9.41. The number of rotatable bonds is 6. The van der Waals surface area contributed by atoms with Crippen molar-refractivity contribution in [3.63, 3.8) is 0 Å². The zero-order valence-corrected chi connectivity index (χ0v) is 17.0. The molecular weight excluding hydrogens is 374 g/mol. The number of aryl methyl sites for hydroxylation is 1. The predicted molar refractivity (Wildman–Crippen MR) is 107 cm³/mol. The van der Waals surface area contributed by atoms with Crippen LogP contribution in [0, 0.1) is 5.92 Å². The second kappa shape index (κ2) is 7.71. The number of nitrogens with zero attached hydrogens (tertiary/aromatic N) is 4. The van der Waals surface area contributed by atoms with Crippen LogP contribution in [0.1, 0.15) is 52.7 Å². The van der Waals surface area contributed by atoms with Crippen molar-refractivity contribution in [2.24, 2.45) is 5.92 Å². The van der Waals surface area contributed by atoms with Gasteiger partial charge in [0.05, 0.1) is 18.7 Å². The summed E-state index contributed by atoms with van der Waals surface area (Å²) in [6.45, 7) is 4.21. The molecule has 1 N–H and O–H groups in total. The maximum Gasteiger partial charge on any atom is 0.255 e. The number of carbonyl (C=O) groups is 1. The van der Waals surface area contributed by atoms with Gasteiger partial charge in [-0.2, -0.15) is 4.68 Å². The van der Waals surface area contributed by atoms with Crippen LogP contribution in [0.25, 0.3) is 5.00 Å². The highest BCUT2D eigenvalue weighted by Gasteiger charge is 2.30. The van der Waals surface area contributed by atoms with Gasteiger partial charge in [0.25, 0.3) is 5.91 Å². The van der Waals surface area contributed by atoms with Crippen molar-refractivity contribution in [2.45, 2.75) is 39.2 Å². The van der Waals surface area contributed by atoms with Crippen LogP contribution in [0.3, 0.4) is 0 Å². The third-order valence-electron chi connectivity index (χ3n) is 5.12. The second-order valence-corrected chi connectivity index (χ2v) is 8.34. The van der Waals surface area contributed by atoms with Crippen LogP contribution in [0.2, 0.25) is 0 Å². The number of methoxy groups -OCH3 is 1. The number of thiophene rings is 1. The molecule has 2 heterocycles. The lowest BCUT2D eigenvalue weighted by molar-refractivity contribution is 0.0925. The van der Waals surface area contributed by atoms with Gasteiger partial charge in [-0.15, -0.1) is 16.4 Å². The molecule has 28 heavy (non-hydrogen) atoms. The van der Waals surface area contributed by atoms with Gasteiger partial charge in [-0.05, 0) is 58.9 Å². The average Bonchev–Trinajstić information content (AvgIpc) is 3.41. The molecule has 0 radical (unpaired) electrons. The molecule has 4 rings (SSSR count). The zero-order chi connectivity index (χ0) is 19.7. The fraction of sp³-hybridized carbons (Fsp3) is 0.400. The van der Waals surface area contributed by atoms with Crippen LogP contribution < -0.4 is 10.1 Å². The molecule has 1 atom stereocenters. The lowest BCUT2D eigenvalue weighted by atomic mass is 9.95. The molecule has 1 aliphatic carbocycles. The number of carbonyl (C=O) groups excluding carboxylic acids is 1. The molecule has 0 saturated carbocycles. The highest BCUT2D eigenvalue weighted by molar-refractivity contribution is 7.15. The van der Waals surface area contributed by atoms with Gasteiger partial charge in [0.1, 0.15) is 17.1 Å². The Morgan fingerprint density at radius 3 is 2.68 bits per heavy atom. The molecule has 1 amide bonds. The zero-order valence-electron chi connectivity index (χ0n) is 16.2. The van der Waals surface area contributed by atoms with Crippen LogP contribution in [0.4, 0.5) is 0 Å². The molecule has 0 fully saturated rings. The molecule has 0 bridgehead atoms. The van der Waals surface area contributed by atoms with E-state index < -0.39 is 0 Å². The van der Waals surface area contributed by atoms with Crippen molar-refractivity contribution in [1.82, 2.24) is 25.5 Å². The van der Waals surface area contributed by atoms with Gasteiger partial charge in [0.2, 0.25) is 0 Å². The normalized spacial score (nSPS) is 14.1. The number of aromatic nitrogens is 4. The summed E-state index contributed by atoms with van der Waals surface area (Å²) in [5, 5.41) is 15.5. The quantitative estimate of drug-likeness (QED) is 0.690. The largest absolute Gasteiger partial charge is 0.497 e. The molecular formula is C20H23N5O2S. The Hall–Kier alpha value is -2.74. The van der Waals surface area contributed by atoms with Crippen molar-refractivity contribution in [2.75, 3.05) is 7.11 Å². The number of hydrogen-bond donors (Lipinski definition) is 1. The number of hydrogen-bond acceptors (Lipinski definition) is 6. The summed E-state index contributed by atoms with van der Waals surface area (Å²) in [4.78, 5) is 14.6. The fourth-order valence-corrected chi connectivity index (χ4v) is 5.00. The summed E-state index contributed by atoms with van der Waals surface area (Å²) >= 11 is 1.61. The van der Waals surface area contributed by atoms with E-state index in [0.717, 1.165) is 41.1 Å². The lowest BCUT2D eigenvalue weighted by Crippen LogP contribution is -2.32. The van der Waals surface area contributed by atoms with E-state index in [2.05, 4.69) is 34.7 Å². The fourth-order valence-electron chi connectivity index (χ4n) is 3.70. The molecule has 1 aromatic carbocycles. The molecule has 1 aliphatic rings. The van der Waals surface area contributed by atoms with Crippen LogP contribution >= 0.6 is 11.3 Å². The highest BCUT2D eigenvalue weighted by atomic mass is 32.1.